The third-order valence-corrected chi connectivity index (χ3v) is 3.67. The molecule has 1 heterocycles. The minimum Gasteiger partial charge on any atom is -0.508 e. The van der Waals surface area contributed by atoms with Crippen molar-refractivity contribution in [3.05, 3.63) is 63.9 Å². The maximum Gasteiger partial charge on any atom is 0.258 e. The van der Waals surface area contributed by atoms with Crippen LogP contribution in [0.4, 0.5) is 0 Å². The molecule has 1 aromatic heterocycles. The van der Waals surface area contributed by atoms with Gasteiger partial charge in [-0.3, -0.25) is 0 Å². The molecule has 3 rings (SSSR count). The molecule has 0 atom stereocenters. The molecule has 0 aliphatic carbocycles. The van der Waals surface area contributed by atoms with E-state index in [0.717, 1.165) is 15.6 Å². The molecule has 0 saturated carbocycles. The first-order chi connectivity index (χ1) is 10.1. The quantitative estimate of drug-likeness (QED) is 0.776. The van der Waals surface area contributed by atoms with E-state index < -0.39 is 0 Å². The Kier molecular flexibility index (Phi) is 3.75. The number of hydrogen-bond acceptors (Lipinski definition) is 4. The maximum absolute atomic E-state index is 9.74. The Balaban J connectivity index is 1.84. The molecule has 2 aromatic carbocycles. The number of phenols is 1. The summed E-state index contributed by atoms with van der Waals surface area (Å²) in [4.78, 5) is 4.37. The third-order valence-electron chi connectivity index (χ3n) is 3.18. The van der Waals surface area contributed by atoms with E-state index in [2.05, 4.69) is 26.1 Å². The van der Waals surface area contributed by atoms with Crippen LogP contribution in [0.5, 0.6) is 5.75 Å². The third kappa shape index (κ3) is 3.13. The Morgan fingerprint density at radius 2 is 2.05 bits per heavy atom. The van der Waals surface area contributed by atoms with Crippen molar-refractivity contribution in [1.29, 1.82) is 0 Å². The zero-order valence-corrected chi connectivity index (χ0v) is 13.0. The van der Waals surface area contributed by atoms with E-state index in [1.165, 1.54) is 0 Å². The summed E-state index contributed by atoms with van der Waals surface area (Å²) in [6, 6.07) is 13.3. The smallest absolute Gasteiger partial charge is 0.258 e. The van der Waals surface area contributed by atoms with Gasteiger partial charge in [-0.1, -0.05) is 39.3 Å². The van der Waals surface area contributed by atoms with Crippen LogP contribution in [0.15, 0.2) is 51.5 Å². The Bertz CT molecular complexity index is 783. The second kappa shape index (κ2) is 5.69. The van der Waals surface area contributed by atoms with E-state index >= 15 is 0 Å². The van der Waals surface area contributed by atoms with Crippen LogP contribution in [0.2, 0.25) is 0 Å². The molecule has 3 aromatic rings. The van der Waals surface area contributed by atoms with E-state index in [4.69, 9.17) is 4.52 Å². The largest absolute Gasteiger partial charge is 0.508 e. The summed E-state index contributed by atoms with van der Waals surface area (Å²) < 4.78 is 6.28. The number of aromatic hydroxyl groups is 1. The number of hydrogen-bond donors (Lipinski definition) is 1. The fourth-order valence-corrected chi connectivity index (χ4v) is 2.46. The first kappa shape index (κ1) is 13.8. The predicted octanol–water partition coefficient (Wildman–Crippen LogP) is 4.10. The van der Waals surface area contributed by atoms with Crippen LogP contribution in [0.1, 0.15) is 17.0 Å². The van der Waals surface area contributed by atoms with Crippen LogP contribution in [-0.2, 0) is 6.42 Å². The molecule has 0 aliphatic rings. The number of aromatic nitrogens is 2. The Morgan fingerprint density at radius 3 is 2.81 bits per heavy atom. The summed E-state index contributed by atoms with van der Waals surface area (Å²) in [7, 11) is 0. The summed E-state index contributed by atoms with van der Waals surface area (Å²) in [5, 5.41) is 13.7. The number of rotatable bonds is 3. The van der Waals surface area contributed by atoms with Crippen molar-refractivity contribution in [2.24, 2.45) is 0 Å². The van der Waals surface area contributed by atoms with Crippen LogP contribution >= 0.6 is 15.9 Å². The van der Waals surface area contributed by atoms with Gasteiger partial charge in [-0.05, 0) is 42.3 Å². The summed E-state index contributed by atoms with van der Waals surface area (Å²) in [6.07, 6.45) is 0.598. The average Bonchev–Trinajstić information content (AvgIpc) is 2.90. The van der Waals surface area contributed by atoms with Gasteiger partial charge in [-0.15, -0.1) is 0 Å². The van der Waals surface area contributed by atoms with Gasteiger partial charge in [0.1, 0.15) is 5.75 Å². The standard InChI is InChI=1S/C16H13BrN2O2/c1-10-5-6-12(9-14(10)20)16-18-15(19-21-16)8-11-3-2-4-13(17)7-11/h2-7,9,20H,8H2,1H3. The highest BCUT2D eigenvalue weighted by Crippen LogP contribution is 2.25. The molecule has 0 bridgehead atoms. The molecular formula is C16H13BrN2O2. The van der Waals surface area contributed by atoms with Crippen LogP contribution in [0.25, 0.3) is 11.5 Å². The molecule has 0 amide bonds. The van der Waals surface area contributed by atoms with Gasteiger partial charge in [-0.2, -0.15) is 4.98 Å². The molecule has 0 fully saturated rings. The highest BCUT2D eigenvalue weighted by molar-refractivity contribution is 9.10. The van der Waals surface area contributed by atoms with Crippen molar-refractivity contribution >= 4 is 15.9 Å². The van der Waals surface area contributed by atoms with Crippen LogP contribution in [0.3, 0.4) is 0 Å². The highest BCUT2D eigenvalue weighted by Gasteiger charge is 2.11. The fraction of sp³-hybridized carbons (Fsp3) is 0.125. The van der Waals surface area contributed by atoms with Gasteiger partial charge in [-0.25, -0.2) is 0 Å². The number of phenolic OH excluding ortho intramolecular Hbond substituents is 1. The van der Waals surface area contributed by atoms with E-state index in [9.17, 15) is 5.11 Å². The van der Waals surface area contributed by atoms with Gasteiger partial charge < -0.3 is 9.63 Å². The number of aryl methyl sites for hydroxylation is 1. The number of halogens is 1. The number of benzene rings is 2. The summed E-state index contributed by atoms with van der Waals surface area (Å²) >= 11 is 3.44. The topological polar surface area (TPSA) is 59.2 Å². The summed E-state index contributed by atoms with van der Waals surface area (Å²) in [5.74, 6) is 1.25. The van der Waals surface area contributed by atoms with E-state index in [1.54, 1.807) is 6.07 Å². The first-order valence-electron chi connectivity index (χ1n) is 6.49. The van der Waals surface area contributed by atoms with E-state index in [-0.39, 0.29) is 5.75 Å². The van der Waals surface area contributed by atoms with Gasteiger partial charge in [0.2, 0.25) is 0 Å². The Morgan fingerprint density at radius 1 is 1.19 bits per heavy atom. The van der Waals surface area contributed by atoms with Gasteiger partial charge >= 0.3 is 0 Å². The van der Waals surface area contributed by atoms with Gasteiger partial charge in [0, 0.05) is 16.5 Å². The molecule has 0 unspecified atom stereocenters. The molecule has 5 heteroatoms. The second-order valence-electron chi connectivity index (χ2n) is 4.82. The van der Waals surface area contributed by atoms with Crippen LogP contribution in [0, 0.1) is 6.92 Å². The summed E-state index contributed by atoms with van der Waals surface area (Å²) in [5.41, 5.74) is 2.63. The van der Waals surface area contributed by atoms with Crippen LogP contribution in [-0.4, -0.2) is 15.2 Å². The normalized spacial score (nSPS) is 10.8. The zero-order valence-electron chi connectivity index (χ0n) is 11.4. The Hall–Kier alpha value is -2.14. The van der Waals surface area contributed by atoms with Crippen molar-refractivity contribution in [2.45, 2.75) is 13.3 Å². The average molecular weight is 345 g/mol. The molecular weight excluding hydrogens is 332 g/mol. The second-order valence-corrected chi connectivity index (χ2v) is 5.74. The lowest BCUT2D eigenvalue weighted by Gasteiger charge is -1.99. The van der Waals surface area contributed by atoms with E-state index in [1.807, 2.05) is 43.3 Å². The zero-order chi connectivity index (χ0) is 14.8. The molecule has 0 aliphatic heterocycles. The molecule has 0 spiro atoms. The van der Waals surface area contributed by atoms with E-state index in [0.29, 0.717) is 23.7 Å². The van der Waals surface area contributed by atoms with Crippen molar-refractivity contribution in [1.82, 2.24) is 10.1 Å². The monoisotopic (exact) mass is 344 g/mol. The molecule has 1 N–H and O–H groups in total. The maximum atomic E-state index is 9.74. The molecule has 0 saturated heterocycles. The molecule has 21 heavy (non-hydrogen) atoms. The SMILES string of the molecule is Cc1ccc(-c2nc(Cc3cccc(Br)c3)no2)cc1O. The lowest BCUT2D eigenvalue weighted by Crippen LogP contribution is -1.90. The van der Waals surface area contributed by atoms with Crippen LogP contribution < -0.4 is 0 Å². The minimum atomic E-state index is 0.222. The highest BCUT2D eigenvalue weighted by atomic mass is 79.9. The lowest BCUT2D eigenvalue weighted by atomic mass is 10.1. The first-order valence-corrected chi connectivity index (χ1v) is 7.28. The number of nitrogens with zero attached hydrogens (tertiary/aromatic N) is 2. The lowest BCUT2D eigenvalue weighted by molar-refractivity contribution is 0.423. The predicted molar refractivity (Wildman–Crippen MR) is 83.1 cm³/mol. The van der Waals surface area contributed by atoms with Crippen molar-refractivity contribution in [2.75, 3.05) is 0 Å². The Labute approximate surface area is 130 Å². The molecule has 106 valence electrons. The van der Waals surface area contributed by atoms with Crippen molar-refractivity contribution < 1.29 is 9.63 Å². The summed E-state index contributed by atoms with van der Waals surface area (Å²) in [6.45, 7) is 1.84. The van der Waals surface area contributed by atoms with Gasteiger partial charge in [0.25, 0.3) is 5.89 Å². The van der Waals surface area contributed by atoms with Gasteiger partial charge in [0.15, 0.2) is 5.82 Å². The molecule has 4 nitrogen and oxygen atoms in total. The van der Waals surface area contributed by atoms with Crippen molar-refractivity contribution in [3.8, 4) is 17.2 Å². The van der Waals surface area contributed by atoms with Gasteiger partial charge in [0.05, 0.1) is 0 Å². The fourth-order valence-electron chi connectivity index (χ4n) is 2.01. The minimum absolute atomic E-state index is 0.222. The van der Waals surface area contributed by atoms with Crippen molar-refractivity contribution in [3.63, 3.8) is 0 Å². The molecule has 0 radical (unpaired) electrons.